The minimum atomic E-state index is -0.943. The molecule has 0 bridgehead atoms. The van der Waals surface area contributed by atoms with Crippen molar-refractivity contribution in [2.45, 2.75) is 26.3 Å². The highest BCUT2D eigenvalue weighted by atomic mass is 16.6. The first kappa shape index (κ1) is 15.7. The lowest BCUT2D eigenvalue weighted by atomic mass is 10.2. The molecule has 0 aliphatic rings. The zero-order valence-electron chi connectivity index (χ0n) is 11.7. The fourth-order valence-corrected chi connectivity index (χ4v) is 1.96. The summed E-state index contributed by atoms with van der Waals surface area (Å²) in [5, 5.41) is 20.0. The van der Waals surface area contributed by atoms with Crippen LogP contribution in [0.15, 0.2) is 18.2 Å². The maximum atomic E-state index is 11.2. The summed E-state index contributed by atoms with van der Waals surface area (Å²) in [5.74, 6) is -0.783. The van der Waals surface area contributed by atoms with E-state index < -0.39 is 10.9 Å². The van der Waals surface area contributed by atoms with Gasteiger partial charge in [0, 0.05) is 12.6 Å². The van der Waals surface area contributed by atoms with E-state index in [1.54, 1.807) is 17.0 Å². The Labute approximate surface area is 116 Å². The standard InChI is InChI=1S/C13H18N2O5/c1-9(2)14(8-7-12(16)17)10-5-4-6-11(20-3)13(10)15(18)19/h4-6,9H,7-8H2,1-3H3,(H,16,17). The van der Waals surface area contributed by atoms with Gasteiger partial charge in [-0.25, -0.2) is 0 Å². The Morgan fingerprint density at radius 3 is 2.60 bits per heavy atom. The quantitative estimate of drug-likeness (QED) is 0.609. The van der Waals surface area contributed by atoms with Crippen molar-refractivity contribution in [1.82, 2.24) is 0 Å². The van der Waals surface area contributed by atoms with Crippen LogP contribution in [0.5, 0.6) is 5.75 Å². The van der Waals surface area contributed by atoms with E-state index in [0.29, 0.717) is 5.69 Å². The van der Waals surface area contributed by atoms with E-state index in [-0.39, 0.29) is 30.4 Å². The molecule has 0 aliphatic heterocycles. The van der Waals surface area contributed by atoms with Crippen LogP contribution in [0.25, 0.3) is 0 Å². The summed E-state index contributed by atoms with van der Waals surface area (Å²) >= 11 is 0. The van der Waals surface area contributed by atoms with Gasteiger partial charge in [0.2, 0.25) is 0 Å². The van der Waals surface area contributed by atoms with E-state index in [1.165, 1.54) is 13.2 Å². The molecule has 1 aromatic carbocycles. The van der Waals surface area contributed by atoms with Gasteiger partial charge in [0.1, 0.15) is 5.69 Å². The third-order valence-corrected chi connectivity index (χ3v) is 2.88. The smallest absolute Gasteiger partial charge is 0.333 e. The molecule has 0 atom stereocenters. The van der Waals surface area contributed by atoms with Gasteiger partial charge in [-0.15, -0.1) is 0 Å². The minimum Gasteiger partial charge on any atom is -0.490 e. The van der Waals surface area contributed by atoms with Gasteiger partial charge in [0.05, 0.1) is 18.5 Å². The number of nitro groups is 1. The first-order valence-corrected chi connectivity index (χ1v) is 6.18. The highest BCUT2D eigenvalue weighted by Crippen LogP contribution is 2.37. The summed E-state index contributed by atoms with van der Waals surface area (Å²) in [7, 11) is 1.36. The Balaban J connectivity index is 3.25. The molecular weight excluding hydrogens is 264 g/mol. The number of benzene rings is 1. The molecule has 0 aliphatic carbocycles. The van der Waals surface area contributed by atoms with Crippen LogP contribution in [0.3, 0.4) is 0 Å². The number of hydrogen-bond donors (Lipinski definition) is 1. The monoisotopic (exact) mass is 282 g/mol. The van der Waals surface area contributed by atoms with Gasteiger partial charge in [-0.05, 0) is 26.0 Å². The number of rotatable bonds is 7. The number of carbonyl (C=O) groups is 1. The third-order valence-electron chi connectivity index (χ3n) is 2.88. The highest BCUT2D eigenvalue weighted by Gasteiger charge is 2.26. The van der Waals surface area contributed by atoms with Crippen molar-refractivity contribution in [3.8, 4) is 5.75 Å². The maximum Gasteiger partial charge on any atom is 0.333 e. The van der Waals surface area contributed by atoms with Gasteiger partial charge >= 0.3 is 11.7 Å². The van der Waals surface area contributed by atoms with Crippen LogP contribution in [0, 0.1) is 10.1 Å². The van der Waals surface area contributed by atoms with Crippen LogP contribution in [-0.4, -0.2) is 35.7 Å². The third kappa shape index (κ3) is 3.59. The Kier molecular flexibility index (Phi) is 5.31. The van der Waals surface area contributed by atoms with Crippen LogP contribution in [0.1, 0.15) is 20.3 Å². The Morgan fingerprint density at radius 1 is 1.50 bits per heavy atom. The molecule has 1 N–H and O–H groups in total. The zero-order valence-corrected chi connectivity index (χ0v) is 11.7. The molecule has 0 saturated heterocycles. The topological polar surface area (TPSA) is 92.9 Å². The molecule has 1 aromatic rings. The molecule has 20 heavy (non-hydrogen) atoms. The number of carboxylic acid groups (broad SMARTS) is 1. The summed E-state index contributed by atoms with van der Waals surface area (Å²) in [6.07, 6.45) is -0.0907. The molecule has 0 fully saturated rings. The van der Waals surface area contributed by atoms with Gasteiger partial charge in [-0.1, -0.05) is 6.07 Å². The number of para-hydroxylation sites is 1. The zero-order chi connectivity index (χ0) is 15.3. The average molecular weight is 282 g/mol. The minimum absolute atomic E-state index is 0.0693. The van der Waals surface area contributed by atoms with Crippen LogP contribution in [0.2, 0.25) is 0 Å². The molecule has 7 heteroatoms. The van der Waals surface area contributed by atoms with Crippen molar-refractivity contribution in [3.63, 3.8) is 0 Å². The van der Waals surface area contributed by atoms with Gasteiger partial charge in [-0.2, -0.15) is 0 Å². The Morgan fingerprint density at radius 2 is 2.15 bits per heavy atom. The van der Waals surface area contributed by atoms with Crippen LogP contribution < -0.4 is 9.64 Å². The molecule has 1 rings (SSSR count). The second-order valence-electron chi connectivity index (χ2n) is 4.52. The second kappa shape index (κ2) is 6.74. The molecule has 0 radical (unpaired) electrons. The fourth-order valence-electron chi connectivity index (χ4n) is 1.96. The summed E-state index contributed by atoms with van der Waals surface area (Å²) in [6.45, 7) is 3.90. The molecule has 0 amide bonds. The molecule has 7 nitrogen and oxygen atoms in total. The average Bonchev–Trinajstić information content (AvgIpc) is 2.37. The summed E-state index contributed by atoms with van der Waals surface area (Å²) in [6, 6.07) is 4.69. The molecular formula is C13H18N2O5. The lowest BCUT2D eigenvalue weighted by molar-refractivity contribution is -0.385. The van der Waals surface area contributed by atoms with Gasteiger partial charge < -0.3 is 14.7 Å². The summed E-state index contributed by atoms with van der Waals surface area (Å²) in [4.78, 5) is 23.1. The highest BCUT2D eigenvalue weighted by molar-refractivity contribution is 5.72. The maximum absolute atomic E-state index is 11.2. The Hall–Kier alpha value is -2.31. The molecule has 0 aromatic heterocycles. The van der Waals surface area contributed by atoms with Crippen molar-refractivity contribution in [3.05, 3.63) is 28.3 Å². The van der Waals surface area contributed by atoms with Crippen molar-refractivity contribution >= 4 is 17.3 Å². The van der Waals surface area contributed by atoms with Crippen molar-refractivity contribution < 1.29 is 19.6 Å². The number of aliphatic carboxylic acids is 1. The molecule has 0 spiro atoms. The number of anilines is 1. The number of nitro benzene ring substituents is 1. The van der Waals surface area contributed by atoms with E-state index in [1.807, 2.05) is 13.8 Å². The van der Waals surface area contributed by atoms with Gasteiger partial charge in [0.25, 0.3) is 0 Å². The predicted octanol–water partition coefficient (Wildman–Crippen LogP) is 2.29. The largest absolute Gasteiger partial charge is 0.490 e. The van der Waals surface area contributed by atoms with Crippen molar-refractivity contribution in [2.24, 2.45) is 0 Å². The lowest BCUT2D eigenvalue weighted by Gasteiger charge is -2.28. The van der Waals surface area contributed by atoms with Crippen LogP contribution in [-0.2, 0) is 4.79 Å². The SMILES string of the molecule is COc1cccc(N(CCC(=O)O)C(C)C)c1[N+](=O)[O-]. The molecule has 0 unspecified atom stereocenters. The first-order chi connectivity index (χ1) is 9.38. The Bertz CT molecular complexity index is 502. The van der Waals surface area contributed by atoms with Gasteiger partial charge in [0.15, 0.2) is 5.75 Å². The summed E-state index contributed by atoms with van der Waals surface area (Å²) < 4.78 is 5.02. The number of nitrogens with zero attached hydrogens (tertiary/aromatic N) is 2. The fraction of sp³-hybridized carbons (Fsp3) is 0.462. The molecule has 110 valence electrons. The van der Waals surface area contributed by atoms with E-state index in [0.717, 1.165) is 0 Å². The first-order valence-electron chi connectivity index (χ1n) is 6.18. The number of methoxy groups -OCH3 is 1. The van der Waals surface area contributed by atoms with E-state index >= 15 is 0 Å². The number of carboxylic acids is 1. The van der Waals surface area contributed by atoms with Crippen LogP contribution in [0.4, 0.5) is 11.4 Å². The van der Waals surface area contributed by atoms with Crippen molar-refractivity contribution in [1.29, 1.82) is 0 Å². The lowest BCUT2D eigenvalue weighted by Crippen LogP contribution is -2.33. The number of ether oxygens (including phenoxy) is 1. The van der Waals surface area contributed by atoms with E-state index in [4.69, 9.17) is 9.84 Å². The van der Waals surface area contributed by atoms with E-state index in [2.05, 4.69) is 0 Å². The molecule has 0 saturated carbocycles. The van der Waals surface area contributed by atoms with E-state index in [9.17, 15) is 14.9 Å². The molecule has 0 heterocycles. The predicted molar refractivity (Wildman–Crippen MR) is 74.4 cm³/mol. The normalized spacial score (nSPS) is 10.4. The van der Waals surface area contributed by atoms with Gasteiger partial charge in [-0.3, -0.25) is 14.9 Å². The van der Waals surface area contributed by atoms with Crippen LogP contribution >= 0.6 is 0 Å². The summed E-state index contributed by atoms with van der Waals surface area (Å²) in [5.41, 5.74) is 0.222. The van der Waals surface area contributed by atoms with Crippen molar-refractivity contribution in [2.75, 3.05) is 18.6 Å². The second-order valence-corrected chi connectivity index (χ2v) is 4.52. The number of hydrogen-bond acceptors (Lipinski definition) is 5.